The first kappa shape index (κ1) is 15.7. The van der Waals surface area contributed by atoms with Crippen LogP contribution in [0.15, 0.2) is 54.6 Å². The predicted octanol–water partition coefficient (Wildman–Crippen LogP) is 3.65. The topological polar surface area (TPSA) is 72.2 Å². The highest BCUT2D eigenvalue weighted by Gasteiger charge is 2.27. The zero-order valence-corrected chi connectivity index (χ0v) is 12.6. The normalized spacial score (nSPS) is 13.2. The van der Waals surface area contributed by atoms with Crippen LogP contribution in [0.1, 0.15) is 36.2 Å². The van der Waals surface area contributed by atoms with Crippen LogP contribution in [0.25, 0.3) is 0 Å². The lowest BCUT2D eigenvalue weighted by Gasteiger charge is -2.30. The fourth-order valence-electron chi connectivity index (χ4n) is 2.23. The third-order valence-corrected chi connectivity index (χ3v) is 3.85. The van der Waals surface area contributed by atoms with Gasteiger partial charge in [0.1, 0.15) is 0 Å². The average Bonchev–Trinajstić information content (AvgIpc) is 2.55. The Labute approximate surface area is 129 Å². The zero-order valence-electron chi connectivity index (χ0n) is 12.6. The summed E-state index contributed by atoms with van der Waals surface area (Å²) in [5.41, 5.74) is 0.882. The Morgan fingerprint density at radius 2 is 1.73 bits per heavy atom. The van der Waals surface area contributed by atoms with Crippen LogP contribution in [-0.2, 0) is 5.54 Å². The van der Waals surface area contributed by atoms with Gasteiger partial charge in [0.25, 0.3) is 11.6 Å². The number of amides is 1. The van der Waals surface area contributed by atoms with Crippen molar-refractivity contribution in [3.8, 4) is 0 Å². The van der Waals surface area contributed by atoms with E-state index in [0.29, 0.717) is 12.0 Å². The Morgan fingerprint density at radius 3 is 2.23 bits per heavy atom. The van der Waals surface area contributed by atoms with Gasteiger partial charge in [-0.2, -0.15) is 0 Å². The molecule has 0 heterocycles. The van der Waals surface area contributed by atoms with Crippen LogP contribution in [0.4, 0.5) is 5.69 Å². The number of rotatable bonds is 5. The van der Waals surface area contributed by atoms with E-state index in [4.69, 9.17) is 0 Å². The highest BCUT2D eigenvalue weighted by molar-refractivity contribution is 5.94. The molecule has 114 valence electrons. The Bertz CT molecular complexity index is 668. The second kappa shape index (κ2) is 6.39. The van der Waals surface area contributed by atoms with Crippen LogP contribution in [-0.4, -0.2) is 10.8 Å². The maximum absolute atomic E-state index is 12.3. The Hall–Kier alpha value is -2.69. The van der Waals surface area contributed by atoms with Gasteiger partial charge in [-0.1, -0.05) is 25.1 Å². The Kier molecular flexibility index (Phi) is 4.56. The first-order chi connectivity index (χ1) is 10.5. The fourth-order valence-corrected chi connectivity index (χ4v) is 2.23. The Morgan fingerprint density at radius 1 is 1.14 bits per heavy atom. The SMILES string of the molecule is CC[C@@](C)(NC(=O)c1ccccc1)c1ccc([N+](=O)[O-])cc1. The van der Waals surface area contributed by atoms with E-state index in [1.165, 1.54) is 12.1 Å². The van der Waals surface area contributed by atoms with Gasteiger partial charge < -0.3 is 5.32 Å². The van der Waals surface area contributed by atoms with Crippen LogP contribution in [0.3, 0.4) is 0 Å². The lowest BCUT2D eigenvalue weighted by atomic mass is 9.88. The molecule has 1 N–H and O–H groups in total. The molecule has 2 rings (SSSR count). The molecule has 0 bridgehead atoms. The summed E-state index contributed by atoms with van der Waals surface area (Å²) in [6, 6.07) is 15.3. The highest BCUT2D eigenvalue weighted by Crippen LogP contribution is 2.26. The Balaban J connectivity index is 2.24. The van der Waals surface area contributed by atoms with Crippen LogP contribution in [0, 0.1) is 10.1 Å². The number of hydrogen-bond acceptors (Lipinski definition) is 3. The summed E-state index contributed by atoms with van der Waals surface area (Å²) >= 11 is 0. The molecule has 2 aromatic carbocycles. The molecule has 2 aromatic rings. The van der Waals surface area contributed by atoms with Gasteiger partial charge in [0.05, 0.1) is 10.5 Å². The van der Waals surface area contributed by atoms with Gasteiger partial charge in [-0.3, -0.25) is 14.9 Å². The fraction of sp³-hybridized carbons (Fsp3) is 0.235. The van der Waals surface area contributed by atoms with E-state index in [1.807, 2.05) is 32.0 Å². The van der Waals surface area contributed by atoms with Gasteiger partial charge in [0, 0.05) is 17.7 Å². The van der Waals surface area contributed by atoms with E-state index < -0.39 is 10.5 Å². The molecule has 0 saturated carbocycles. The smallest absolute Gasteiger partial charge is 0.269 e. The molecule has 0 aliphatic heterocycles. The van der Waals surface area contributed by atoms with Crippen molar-refractivity contribution >= 4 is 11.6 Å². The van der Waals surface area contributed by atoms with Crippen molar-refractivity contribution in [2.75, 3.05) is 0 Å². The highest BCUT2D eigenvalue weighted by atomic mass is 16.6. The molecule has 0 aliphatic carbocycles. The molecule has 5 nitrogen and oxygen atoms in total. The van der Waals surface area contributed by atoms with Crippen LogP contribution >= 0.6 is 0 Å². The van der Waals surface area contributed by atoms with E-state index in [-0.39, 0.29) is 11.6 Å². The maximum Gasteiger partial charge on any atom is 0.269 e. The van der Waals surface area contributed by atoms with E-state index in [1.54, 1.807) is 24.3 Å². The van der Waals surface area contributed by atoms with Crippen LogP contribution in [0.2, 0.25) is 0 Å². The molecule has 0 aromatic heterocycles. The van der Waals surface area contributed by atoms with Crippen molar-refractivity contribution < 1.29 is 9.72 Å². The van der Waals surface area contributed by atoms with Gasteiger partial charge >= 0.3 is 0 Å². The van der Waals surface area contributed by atoms with Gasteiger partial charge in [0.15, 0.2) is 0 Å². The van der Waals surface area contributed by atoms with Gasteiger partial charge in [-0.05, 0) is 43.2 Å². The third kappa shape index (κ3) is 3.31. The number of benzene rings is 2. The maximum atomic E-state index is 12.3. The van der Waals surface area contributed by atoms with Crippen LogP contribution in [0.5, 0.6) is 0 Å². The van der Waals surface area contributed by atoms with E-state index in [0.717, 1.165) is 5.56 Å². The minimum atomic E-state index is -0.581. The number of carbonyl (C=O) groups is 1. The summed E-state index contributed by atoms with van der Waals surface area (Å²) < 4.78 is 0. The van der Waals surface area contributed by atoms with Crippen LogP contribution < -0.4 is 5.32 Å². The first-order valence-electron chi connectivity index (χ1n) is 7.09. The molecular formula is C17H18N2O3. The third-order valence-electron chi connectivity index (χ3n) is 3.85. The number of nitro benzene ring substituents is 1. The molecule has 22 heavy (non-hydrogen) atoms. The quantitative estimate of drug-likeness (QED) is 0.676. The monoisotopic (exact) mass is 298 g/mol. The summed E-state index contributed by atoms with van der Waals surface area (Å²) in [5.74, 6) is -0.164. The van der Waals surface area contributed by atoms with Crippen molar-refractivity contribution in [3.05, 3.63) is 75.8 Å². The second-order valence-corrected chi connectivity index (χ2v) is 5.31. The molecule has 0 saturated heterocycles. The van der Waals surface area contributed by atoms with Crippen molar-refractivity contribution in [2.24, 2.45) is 0 Å². The number of hydrogen-bond donors (Lipinski definition) is 1. The molecule has 1 atom stereocenters. The van der Waals surface area contributed by atoms with E-state index in [9.17, 15) is 14.9 Å². The van der Waals surface area contributed by atoms with Crippen molar-refractivity contribution in [2.45, 2.75) is 25.8 Å². The number of nitrogens with one attached hydrogen (secondary N) is 1. The van der Waals surface area contributed by atoms with Crippen molar-refractivity contribution in [3.63, 3.8) is 0 Å². The molecule has 5 heteroatoms. The standard InChI is InChI=1S/C17H18N2O3/c1-3-17(2,14-9-11-15(12-10-14)19(21)22)18-16(20)13-7-5-4-6-8-13/h4-12H,3H2,1-2H3,(H,18,20)/t17-/m1/s1. The first-order valence-corrected chi connectivity index (χ1v) is 7.09. The lowest BCUT2D eigenvalue weighted by molar-refractivity contribution is -0.384. The summed E-state index contributed by atoms with van der Waals surface area (Å²) in [6.07, 6.45) is 0.670. The van der Waals surface area contributed by atoms with E-state index in [2.05, 4.69) is 5.32 Å². The zero-order chi connectivity index (χ0) is 16.2. The van der Waals surface area contributed by atoms with Gasteiger partial charge in [0.2, 0.25) is 0 Å². The summed E-state index contributed by atoms with van der Waals surface area (Å²) in [4.78, 5) is 22.6. The summed E-state index contributed by atoms with van der Waals surface area (Å²) in [6.45, 7) is 3.88. The minimum absolute atomic E-state index is 0.0385. The molecule has 0 spiro atoms. The predicted molar refractivity (Wildman–Crippen MR) is 84.6 cm³/mol. The van der Waals surface area contributed by atoms with Gasteiger partial charge in [-0.25, -0.2) is 0 Å². The largest absolute Gasteiger partial charge is 0.343 e. The molecule has 0 fully saturated rings. The average molecular weight is 298 g/mol. The molecular weight excluding hydrogens is 280 g/mol. The van der Waals surface area contributed by atoms with Crippen molar-refractivity contribution in [1.82, 2.24) is 5.32 Å². The minimum Gasteiger partial charge on any atom is -0.343 e. The number of carbonyl (C=O) groups excluding carboxylic acids is 1. The molecule has 0 unspecified atom stereocenters. The summed E-state index contributed by atoms with van der Waals surface area (Å²) in [7, 11) is 0. The summed E-state index contributed by atoms with van der Waals surface area (Å²) in [5, 5.41) is 13.7. The van der Waals surface area contributed by atoms with Crippen molar-refractivity contribution in [1.29, 1.82) is 0 Å². The number of nitrogens with zero attached hydrogens (tertiary/aromatic N) is 1. The van der Waals surface area contributed by atoms with E-state index >= 15 is 0 Å². The number of non-ortho nitro benzene ring substituents is 1. The molecule has 0 radical (unpaired) electrons. The molecule has 1 amide bonds. The number of nitro groups is 1. The van der Waals surface area contributed by atoms with Gasteiger partial charge in [-0.15, -0.1) is 0 Å². The lowest BCUT2D eigenvalue weighted by Crippen LogP contribution is -2.43. The molecule has 0 aliphatic rings. The second-order valence-electron chi connectivity index (χ2n) is 5.31.